The van der Waals surface area contributed by atoms with E-state index in [0.29, 0.717) is 23.2 Å². The molecule has 1 saturated carbocycles. The molecule has 1 aliphatic carbocycles. The van der Waals surface area contributed by atoms with Gasteiger partial charge in [-0.1, -0.05) is 19.3 Å². The largest absolute Gasteiger partial charge is 0.373 e. The first-order chi connectivity index (χ1) is 12.0. The maximum Gasteiger partial charge on any atom is 0.314 e. The van der Waals surface area contributed by atoms with Crippen LogP contribution < -0.4 is 16.4 Å². The van der Waals surface area contributed by atoms with Crippen LogP contribution in [0, 0.1) is 0 Å². The van der Waals surface area contributed by atoms with Gasteiger partial charge in [0, 0.05) is 5.56 Å². The highest BCUT2D eigenvalue weighted by Crippen LogP contribution is 2.39. The molecule has 1 atom stereocenters. The summed E-state index contributed by atoms with van der Waals surface area (Å²) >= 11 is 0. The van der Waals surface area contributed by atoms with Crippen molar-refractivity contribution in [1.29, 1.82) is 0 Å². The molecule has 1 unspecified atom stereocenters. The van der Waals surface area contributed by atoms with Crippen LogP contribution in [0.5, 0.6) is 0 Å². The molecule has 1 aromatic heterocycles. The summed E-state index contributed by atoms with van der Waals surface area (Å²) in [6.45, 7) is 0.545. The van der Waals surface area contributed by atoms with E-state index >= 15 is 0 Å². The summed E-state index contributed by atoms with van der Waals surface area (Å²) in [5, 5.41) is 3.03. The Morgan fingerprint density at radius 3 is 2.56 bits per heavy atom. The van der Waals surface area contributed by atoms with Gasteiger partial charge in [-0.15, -0.1) is 0 Å². The lowest BCUT2D eigenvalue weighted by Crippen LogP contribution is -2.37. The number of aromatic amines is 2. The number of carbonyl (C=O) groups is 1. The second-order valence-electron chi connectivity index (χ2n) is 7.10. The predicted octanol–water partition coefficient (Wildman–Crippen LogP) is 1.44. The van der Waals surface area contributed by atoms with Gasteiger partial charge >= 0.3 is 11.1 Å². The lowest BCUT2D eigenvalue weighted by atomic mass is 9.82. The summed E-state index contributed by atoms with van der Waals surface area (Å²) in [6, 6.07) is 4.85. The Labute approximate surface area is 143 Å². The van der Waals surface area contributed by atoms with Gasteiger partial charge in [-0.3, -0.25) is 14.4 Å². The molecule has 0 radical (unpaired) electrons. The predicted molar refractivity (Wildman–Crippen MR) is 92.8 cm³/mol. The second kappa shape index (κ2) is 6.15. The zero-order chi connectivity index (χ0) is 17.4. The molecule has 2 fully saturated rings. The number of aromatic nitrogens is 2. The van der Waals surface area contributed by atoms with Crippen LogP contribution in [0.25, 0.3) is 11.0 Å². The van der Waals surface area contributed by atoms with Gasteiger partial charge in [-0.05, 0) is 37.5 Å². The number of nitrogens with one attached hydrogen (secondary N) is 3. The average molecular weight is 343 g/mol. The van der Waals surface area contributed by atoms with Crippen molar-refractivity contribution in [2.45, 2.75) is 50.2 Å². The minimum Gasteiger partial charge on any atom is -0.373 e. The third-order valence-electron chi connectivity index (χ3n) is 5.29. The van der Waals surface area contributed by atoms with E-state index in [1.807, 2.05) is 0 Å². The van der Waals surface area contributed by atoms with Crippen molar-refractivity contribution in [3.63, 3.8) is 0 Å². The molecule has 4 rings (SSSR count). The van der Waals surface area contributed by atoms with E-state index in [9.17, 15) is 14.4 Å². The van der Waals surface area contributed by atoms with Gasteiger partial charge in [0.2, 0.25) is 0 Å². The van der Waals surface area contributed by atoms with Gasteiger partial charge in [0.05, 0.1) is 29.3 Å². The van der Waals surface area contributed by atoms with Crippen LogP contribution in [0.1, 0.15) is 48.9 Å². The van der Waals surface area contributed by atoms with E-state index in [4.69, 9.17) is 4.74 Å². The van der Waals surface area contributed by atoms with Crippen molar-refractivity contribution >= 4 is 16.9 Å². The number of hydrogen-bond acceptors (Lipinski definition) is 4. The molecule has 1 saturated heterocycles. The summed E-state index contributed by atoms with van der Waals surface area (Å²) in [6.07, 6.45) is 6.65. The number of rotatable bonds is 2. The third-order valence-corrected chi connectivity index (χ3v) is 5.29. The molecule has 2 aliphatic rings. The molecule has 2 aromatic rings. The topological polar surface area (TPSA) is 104 Å². The number of benzene rings is 1. The number of amides is 1. The van der Waals surface area contributed by atoms with E-state index in [2.05, 4.69) is 15.3 Å². The number of hydrogen-bond donors (Lipinski definition) is 3. The molecule has 7 heteroatoms. The van der Waals surface area contributed by atoms with Crippen molar-refractivity contribution in [1.82, 2.24) is 15.3 Å². The Bertz CT molecular complexity index is 924. The standard InChI is InChI=1S/C18H21N3O4/c22-15(19-12-9-18(25-10-12)6-2-1-3-7-18)11-4-5-13-14(8-11)21-17(24)16(23)20-13/h4-5,8,12H,1-3,6-7,9-10H2,(H,19,22)(H,20,23)(H,21,24). The summed E-state index contributed by atoms with van der Waals surface area (Å²) < 4.78 is 6.03. The Morgan fingerprint density at radius 1 is 1.08 bits per heavy atom. The Hall–Kier alpha value is -2.41. The van der Waals surface area contributed by atoms with Gasteiger partial charge in [0.15, 0.2) is 0 Å². The Kier molecular flexibility index (Phi) is 3.95. The van der Waals surface area contributed by atoms with Gasteiger partial charge < -0.3 is 20.0 Å². The molecule has 7 nitrogen and oxygen atoms in total. The molecule has 132 valence electrons. The van der Waals surface area contributed by atoms with Crippen LogP contribution in [0.2, 0.25) is 0 Å². The van der Waals surface area contributed by atoms with Gasteiger partial charge in [0.1, 0.15) is 0 Å². The highest BCUT2D eigenvalue weighted by atomic mass is 16.5. The number of ether oxygens (including phenoxy) is 1. The zero-order valence-electron chi connectivity index (χ0n) is 13.9. The molecule has 1 aromatic carbocycles. The first-order valence-corrected chi connectivity index (χ1v) is 8.76. The van der Waals surface area contributed by atoms with Gasteiger partial charge in [0.25, 0.3) is 5.91 Å². The zero-order valence-corrected chi connectivity index (χ0v) is 13.9. The van der Waals surface area contributed by atoms with Gasteiger partial charge in [-0.2, -0.15) is 0 Å². The molecule has 1 aliphatic heterocycles. The molecule has 1 spiro atoms. The lowest BCUT2D eigenvalue weighted by molar-refractivity contribution is -0.0246. The molecule has 1 amide bonds. The van der Waals surface area contributed by atoms with Crippen LogP contribution >= 0.6 is 0 Å². The van der Waals surface area contributed by atoms with Crippen molar-refractivity contribution in [3.8, 4) is 0 Å². The van der Waals surface area contributed by atoms with E-state index < -0.39 is 11.1 Å². The van der Waals surface area contributed by atoms with Crippen LogP contribution in [0.4, 0.5) is 0 Å². The fraction of sp³-hybridized carbons (Fsp3) is 0.500. The number of fused-ring (bicyclic) bond motifs is 1. The fourth-order valence-corrected chi connectivity index (χ4v) is 4.01. The second-order valence-corrected chi connectivity index (χ2v) is 7.10. The third kappa shape index (κ3) is 3.11. The van der Waals surface area contributed by atoms with E-state index in [-0.39, 0.29) is 17.6 Å². The SMILES string of the molecule is O=C(NC1COC2(CCCCC2)C1)c1ccc2[nH]c(=O)c(=O)[nH]c2c1. The Morgan fingerprint density at radius 2 is 1.80 bits per heavy atom. The maximum atomic E-state index is 12.5. The minimum absolute atomic E-state index is 0.0101. The van der Waals surface area contributed by atoms with Crippen molar-refractivity contribution in [3.05, 3.63) is 44.5 Å². The molecular weight excluding hydrogens is 322 g/mol. The van der Waals surface area contributed by atoms with E-state index in [1.54, 1.807) is 18.2 Å². The molecule has 0 bridgehead atoms. The highest BCUT2D eigenvalue weighted by Gasteiger charge is 2.41. The lowest BCUT2D eigenvalue weighted by Gasteiger charge is -2.32. The summed E-state index contributed by atoms with van der Waals surface area (Å²) in [7, 11) is 0. The Balaban J connectivity index is 1.49. The molecule has 3 N–H and O–H groups in total. The first-order valence-electron chi connectivity index (χ1n) is 8.76. The maximum absolute atomic E-state index is 12.5. The monoisotopic (exact) mass is 343 g/mol. The summed E-state index contributed by atoms with van der Waals surface area (Å²) in [4.78, 5) is 40.3. The summed E-state index contributed by atoms with van der Waals surface area (Å²) in [5.41, 5.74) is -0.112. The quantitative estimate of drug-likeness (QED) is 0.718. The van der Waals surface area contributed by atoms with Crippen LogP contribution in [0.3, 0.4) is 0 Å². The molecular formula is C18H21N3O4. The molecule has 25 heavy (non-hydrogen) atoms. The van der Waals surface area contributed by atoms with Gasteiger partial charge in [-0.25, -0.2) is 0 Å². The van der Waals surface area contributed by atoms with Crippen molar-refractivity contribution < 1.29 is 9.53 Å². The van der Waals surface area contributed by atoms with Crippen LogP contribution in [-0.4, -0.2) is 34.1 Å². The number of carbonyl (C=O) groups excluding carboxylic acids is 1. The minimum atomic E-state index is -0.728. The van der Waals surface area contributed by atoms with Crippen LogP contribution in [-0.2, 0) is 4.74 Å². The summed E-state index contributed by atoms with van der Waals surface area (Å²) in [5.74, 6) is -0.199. The highest BCUT2D eigenvalue weighted by molar-refractivity contribution is 5.97. The normalized spacial score (nSPS) is 22.3. The number of H-pyrrole nitrogens is 2. The van der Waals surface area contributed by atoms with E-state index in [1.165, 1.54) is 19.3 Å². The smallest absolute Gasteiger partial charge is 0.314 e. The van der Waals surface area contributed by atoms with Crippen LogP contribution in [0.15, 0.2) is 27.8 Å². The van der Waals surface area contributed by atoms with Crippen molar-refractivity contribution in [2.24, 2.45) is 0 Å². The molecule has 2 heterocycles. The van der Waals surface area contributed by atoms with E-state index in [0.717, 1.165) is 19.3 Å². The first kappa shape index (κ1) is 16.1. The van der Waals surface area contributed by atoms with Crippen molar-refractivity contribution in [2.75, 3.05) is 6.61 Å². The fourth-order valence-electron chi connectivity index (χ4n) is 4.01. The average Bonchev–Trinajstić information content (AvgIpc) is 2.98.